The summed E-state index contributed by atoms with van der Waals surface area (Å²) in [4.78, 5) is 0. The Morgan fingerprint density at radius 1 is 0.800 bits per heavy atom. The molecule has 0 aliphatic heterocycles. The van der Waals surface area contributed by atoms with Crippen molar-refractivity contribution in [1.29, 1.82) is 0 Å². The van der Waals surface area contributed by atoms with Crippen molar-refractivity contribution in [2.75, 3.05) is 0 Å². The van der Waals surface area contributed by atoms with Crippen molar-refractivity contribution >= 4 is 0 Å². The van der Waals surface area contributed by atoms with E-state index in [0.29, 0.717) is 5.92 Å². The first kappa shape index (κ1) is 21.0. The van der Waals surface area contributed by atoms with Crippen LogP contribution in [0, 0.1) is 19.8 Å². The average Bonchev–Trinajstić information content (AvgIpc) is 2.42. The molecule has 0 aromatic heterocycles. The highest BCUT2D eigenvalue weighted by atomic mass is 14.0. The van der Waals surface area contributed by atoms with Crippen LogP contribution in [0.3, 0.4) is 0 Å². The van der Waals surface area contributed by atoms with Crippen molar-refractivity contribution in [3.8, 4) is 0 Å². The highest BCUT2D eigenvalue weighted by Crippen LogP contribution is 2.08. The fourth-order valence-electron chi connectivity index (χ4n) is 1.13. The molecule has 0 fully saturated rings. The Morgan fingerprint density at radius 3 is 1.40 bits per heavy atom. The Bertz CT molecular complexity index is 364. The maximum Gasteiger partial charge on any atom is -0.0260 e. The van der Waals surface area contributed by atoms with Crippen molar-refractivity contribution in [2.24, 2.45) is 5.92 Å². The molecule has 0 nitrogen and oxygen atoms in total. The van der Waals surface area contributed by atoms with Crippen LogP contribution < -0.4 is 0 Å². The third kappa shape index (κ3) is 13.1. The molecule has 0 saturated carbocycles. The summed E-state index contributed by atoms with van der Waals surface area (Å²) in [5.74, 6) is 0.676. The molecule has 0 amide bonds. The first-order valence-corrected chi connectivity index (χ1v) is 7.68. The lowest BCUT2D eigenvalue weighted by Gasteiger charge is -2.01. The molecule has 0 aliphatic rings. The van der Waals surface area contributed by atoms with Crippen molar-refractivity contribution in [2.45, 2.75) is 62.3 Å². The SMILES string of the molecule is CC.CC(C)=C/C=C(\C)C(C)C.Cc1ccc(C)cc1. The van der Waals surface area contributed by atoms with Gasteiger partial charge in [0, 0.05) is 0 Å². The second kappa shape index (κ2) is 12.7. The Balaban J connectivity index is 0. The summed E-state index contributed by atoms with van der Waals surface area (Å²) in [7, 11) is 0. The lowest BCUT2D eigenvalue weighted by molar-refractivity contribution is 0.769. The molecule has 0 spiro atoms. The minimum atomic E-state index is 0.676. The van der Waals surface area contributed by atoms with E-state index in [1.54, 1.807) is 0 Å². The van der Waals surface area contributed by atoms with E-state index >= 15 is 0 Å². The summed E-state index contributed by atoms with van der Waals surface area (Å²) in [6.45, 7) is 19.0. The minimum Gasteiger partial charge on any atom is -0.0764 e. The fourth-order valence-corrected chi connectivity index (χ4v) is 1.13. The molecule has 0 saturated heterocycles. The number of allylic oxidation sites excluding steroid dienone is 4. The molecule has 0 radical (unpaired) electrons. The van der Waals surface area contributed by atoms with Gasteiger partial charge in [0.1, 0.15) is 0 Å². The number of hydrogen-bond acceptors (Lipinski definition) is 0. The van der Waals surface area contributed by atoms with E-state index in [1.165, 1.54) is 22.3 Å². The van der Waals surface area contributed by atoms with Crippen molar-refractivity contribution in [3.05, 3.63) is 58.7 Å². The maximum atomic E-state index is 2.21. The normalized spacial score (nSPS) is 10.0. The predicted octanol–water partition coefficient (Wildman–Crippen LogP) is 6.88. The summed E-state index contributed by atoms with van der Waals surface area (Å²) in [5, 5.41) is 0. The van der Waals surface area contributed by atoms with Crippen LogP contribution in [-0.2, 0) is 0 Å². The molecule has 0 aliphatic carbocycles. The molecular weight excluding hydrogens is 240 g/mol. The fraction of sp³-hybridized carbons (Fsp3) is 0.500. The lowest BCUT2D eigenvalue weighted by Crippen LogP contribution is -1.86. The Morgan fingerprint density at radius 2 is 1.15 bits per heavy atom. The topological polar surface area (TPSA) is 0 Å². The second-order valence-electron chi connectivity index (χ2n) is 5.46. The van der Waals surface area contributed by atoms with Gasteiger partial charge in [-0.3, -0.25) is 0 Å². The van der Waals surface area contributed by atoms with Crippen LogP contribution >= 0.6 is 0 Å². The van der Waals surface area contributed by atoms with E-state index in [2.05, 4.69) is 84.9 Å². The third-order valence-corrected chi connectivity index (χ3v) is 2.81. The van der Waals surface area contributed by atoms with Crippen LogP contribution in [0.15, 0.2) is 47.6 Å². The summed E-state index contributed by atoms with van der Waals surface area (Å²) in [6.07, 6.45) is 4.36. The van der Waals surface area contributed by atoms with Gasteiger partial charge in [0.05, 0.1) is 0 Å². The van der Waals surface area contributed by atoms with Gasteiger partial charge >= 0.3 is 0 Å². The summed E-state index contributed by atoms with van der Waals surface area (Å²) >= 11 is 0. The minimum absolute atomic E-state index is 0.676. The summed E-state index contributed by atoms with van der Waals surface area (Å²) in [5.41, 5.74) is 5.47. The van der Waals surface area contributed by atoms with E-state index in [1.807, 2.05) is 13.8 Å². The third-order valence-electron chi connectivity index (χ3n) is 2.81. The largest absolute Gasteiger partial charge is 0.0764 e. The Kier molecular flexibility index (Phi) is 13.4. The van der Waals surface area contributed by atoms with Gasteiger partial charge in [0.25, 0.3) is 0 Å². The van der Waals surface area contributed by atoms with E-state index in [0.717, 1.165) is 0 Å². The lowest BCUT2D eigenvalue weighted by atomic mass is 10.0. The van der Waals surface area contributed by atoms with E-state index in [4.69, 9.17) is 0 Å². The smallest absolute Gasteiger partial charge is 0.0260 e. The molecule has 1 aromatic carbocycles. The molecule has 0 heterocycles. The van der Waals surface area contributed by atoms with Crippen LogP contribution in [-0.4, -0.2) is 0 Å². The van der Waals surface area contributed by atoms with Crippen LogP contribution in [0.1, 0.15) is 59.6 Å². The molecular formula is C20H34. The molecule has 0 atom stereocenters. The molecule has 114 valence electrons. The van der Waals surface area contributed by atoms with Crippen LogP contribution in [0.4, 0.5) is 0 Å². The van der Waals surface area contributed by atoms with Crippen molar-refractivity contribution in [3.63, 3.8) is 0 Å². The molecule has 1 rings (SSSR count). The molecule has 1 aromatic rings. The Labute approximate surface area is 127 Å². The zero-order valence-electron chi connectivity index (χ0n) is 15.0. The zero-order chi connectivity index (χ0) is 16.1. The zero-order valence-corrected chi connectivity index (χ0v) is 15.0. The number of aryl methyl sites for hydroxylation is 2. The second-order valence-corrected chi connectivity index (χ2v) is 5.46. The molecule has 0 N–H and O–H groups in total. The number of rotatable bonds is 2. The average molecular weight is 274 g/mol. The quantitative estimate of drug-likeness (QED) is 0.515. The van der Waals surface area contributed by atoms with Gasteiger partial charge in [0.2, 0.25) is 0 Å². The molecule has 0 unspecified atom stereocenters. The summed E-state index contributed by atoms with van der Waals surface area (Å²) < 4.78 is 0. The summed E-state index contributed by atoms with van der Waals surface area (Å²) in [6, 6.07) is 8.48. The van der Waals surface area contributed by atoms with Gasteiger partial charge in [-0.2, -0.15) is 0 Å². The predicted molar refractivity (Wildman–Crippen MR) is 95.3 cm³/mol. The van der Waals surface area contributed by atoms with Crippen molar-refractivity contribution in [1.82, 2.24) is 0 Å². The van der Waals surface area contributed by atoms with Gasteiger partial charge in [-0.05, 0) is 40.5 Å². The highest BCUT2D eigenvalue weighted by Gasteiger charge is 1.92. The van der Waals surface area contributed by atoms with Crippen LogP contribution in [0.2, 0.25) is 0 Å². The van der Waals surface area contributed by atoms with E-state index < -0.39 is 0 Å². The van der Waals surface area contributed by atoms with Gasteiger partial charge in [-0.15, -0.1) is 0 Å². The van der Waals surface area contributed by atoms with Crippen LogP contribution in [0.25, 0.3) is 0 Å². The highest BCUT2D eigenvalue weighted by molar-refractivity contribution is 5.19. The first-order valence-electron chi connectivity index (χ1n) is 7.68. The molecule has 20 heavy (non-hydrogen) atoms. The monoisotopic (exact) mass is 274 g/mol. The van der Waals surface area contributed by atoms with Gasteiger partial charge in [-0.1, -0.05) is 86.4 Å². The molecule has 0 bridgehead atoms. The van der Waals surface area contributed by atoms with E-state index in [9.17, 15) is 0 Å². The van der Waals surface area contributed by atoms with Gasteiger partial charge in [0.15, 0.2) is 0 Å². The first-order chi connectivity index (χ1) is 9.32. The van der Waals surface area contributed by atoms with Crippen LogP contribution in [0.5, 0.6) is 0 Å². The molecule has 0 heteroatoms. The Hall–Kier alpha value is -1.30. The van der Waals surface area contributed by atoms with Crippen molar-refractivity contribution < 1.29 is 0 Å². The van der Waals surface area contributed by atoms with Gasteiger partial charge < -0.3 is 0 Å². The standard InChI is InChI=1S/C10H18.C8H10.C2H6/c1-8(2)6-7-10(5)9(3)4;1-7-3-5-8(2)6-4-7;1-2/h6-7,9H,1-5H3;3-6H,1-2H3;1-2H3/b10-7+;;. The number of hydrogen-bond donors (Lipinski definition) is 0. The van der Waals surface area contributed by atoms with Gasteiger partial charge in [-0.25, -0.2) is 0 Å². The number of benzene rings is 1. The van der Waals surface area contributed by atoms with E-state index in [-0.39, 0.29) is 0 Å². The maximum absolute atomic E-state index is 2.21.